The van der Waals surface area contributed by atoms with E-state index < -0.39 is 0 Å². The van der Waals surface area contributed by atoms with Gasteiger partial charge < -0.3 is 0 Å². The van der Waals surface area contributed by atoms with Gasteiger partial charge in [-0.3, -0.25) is 0 Å². The van der Waals surface area contributed by atoms with Gasteiger partial charge in [-0.05, 0) is 48.7 Å². The Balaban J connectivity index is 2.26. The zero-order chi connectivity index (χ0) is 11.0. The lowest BCUT2D eigenvalue weighted by molar-refractivity contribution is 0.762. The van der Waals surface area contributed by atoms with Gasteiger partial charge in [0.25, 0.3) is 0 Å². The van der Waals surface area contributed by atoms with E-state index in [1.807, 2.05) is 0 Å². The van der Waals surface area contributed by atoms with Gasteiger partial charge >= 0.3 is 0 Å². The van der Waals surface area contributed by atoms with E-state index in [9.17, 15) is 0 Å². The van der Waals surface area contributed by atoms with Crippen molar-refractivity contribution in [1.29, 1.82) is 0 Å². The van der Waals surface area contributed by atoms with Crippen molar-refractivity contribution >= 4 is 10.0 Å². The summed E-state index contributed by atoms with van der Waals surface area (Å²) in [5.41, 5.74) is 0. The molecule has 0 bridgehead atoms. The average molecular weight is 230 g/mol. The highest BCUT2D eigenvalue weighted by Gasteiger charge is 2.26. The highest BCUT2D eigenvalue weighted by molar-refractivity contribution is 8.33. The Morgan fingerprint density at radius 2 is 1.20 bits per heavy atom. The summed E-state index contributed by atoms with van der Waals surface area (Å²) in [5.74, 6) is 6.48. The first-order chi connectivity index (χ1) is 7.33. The topological polar surface area (TPSA) is 0 Å². The standard InChI is InChI=1S/C14H30S/c1-3-5-7-11-15(12-8-6-4-2)13-9-10-14-15/h3-14H2,1-2H3. The molecule has 1 fully saturated rings. The lowest BCUT2D eigenvalue weighted by Crippen LogP contribution is -2.12. The predicted molar refractivity (Wildman–Crippen MR) is 75.3 cm³/mol. The molecular formula is C14H30S. The van der Waals surface area contributed by atoms with Crippen LogP contribution in [0.5, 0.6) is 0 Å². The molecule has 1 saturated heterocycles. The van der Waals surface area contributed by atoms with Gasteiger partial charge in [0.1, 0.15) is 0 Å². The maximum Gasteiger partial charge on any atom is -0.0227 e. The van der Waals surface area contributed by atoms with Crippen LogP contribution in [-0.4, -0.2) is 23.0 Å². The van der Waals surface area contributed by atoms with Gasteiger partial charge in [-0.2, -0.15) is 0 Å². The monoisotopic (exact) mass is 230 g/mol. The van der Waals surface area contributed by atoms with Crippen LogP contribution in [0, 0.1) is 0 Å². The smallest absolute Gasteiger partial charge is 0.0227 e. The van der Waals surface area contributed by atoms with Crippen molar-refractivity contribution in [2.45, 2.75) is 65.2 Å². The van der Waals surface area contributed by atoms with Crippen LogP contribution in [0.15, 0.2) is 0 Å². The third-order valence-corrected chi connectivity index (χ3v) is 8.39. The molecule has 15 heavy (non-hydrogen) atoms. The first-order valence-electron chi connectivity index (χ1n) is 7.07. The van der Waals surface area contributed by atoms with Crippen molar-refractivity contribution in [2.24, 2.45) is 0 Å². The molecular weight excluding hydrogens is 200 g/mol. The van der Waals surface area contributed by atoms with Gasteiger partial charge in [-0.25, -0.2) is 10.0 Å². The number of hydrogen-bond donors (Lipinski definition) is 0. The second-order valence-electron chi connectivity index (χ2n) is 5.16. The molecule has 1 heteroatoms. The van der Waals surface area contributed by atoms with Crippen LogP contribution in [-0.2, 0) is 0 Å². The highest BCUT2D eigenvalue weighted by Crippen LogP contribution is 2.55. The maximum absolute atomic E-state index is 2.33. The first kappa shape index (κ1) is 13.4. The summed E-state index contributed by atoms with van der Waals surface area (Å²) in [6.45, 7) is 4.65. The molecule has 1 aliphatic rings. The molecule has 0 nitrogen and oxygen atoms in total. The second-order valence-corrected chi connectivity index (χ2v) is 9.25. The van der Waals surface area contributed by atoms with E-state index in [4.69, 9.17) is 0 Å². The molecule has 1 heterocycles. The molecule has 0 saturated carbocycles. The zero-order valence-corrected chi connectivity index (χ0v) is 11.7. The number of hydrogen-bond acceptors (Lipinski definition) is 0. The van der Waals surface area contributed by atoms with Gasteiger partial charge in [0.05, 0.1) is 0 Å². The number of rotatable bonds is 8. The summed E-state index contributed by atoms with van der Waals surface area (Å²) < 4.78 is 0. The molecule has 0 amide bonds. The largest absolute Gasteiger partial charge is 0.241 e. The fourth-order valence-electron chi connectivity index (χ4n) is 2.75. The molecule has 0 aromatic heterocycles. The summed E-state index contributed by atoms with van der Waals surface area (Å²) in [5, 5.41) is 0. The van der Waals surface area contributed by atoms with Crippen molar-refractivity contribution in [3.63, 3.8) is 0 Å². The minimum absolute atomic E-state index is 0.106. The fourth-order valence-corrected chi connectivity index (χ4v) is 7.24. The molecule has 0 aromatic carbocycles. The third kappa shape index (κ3) is 4.80. The molecule has 0 N–H and O–H groups in total. The Labute approximate surface area is 98.5 Å². The Morgan fingerprint density at radius 3 is 1.60 bits per heavy atom. The molecule has 0 unspecified atom stereocenters. The molecule has 0 radical (unpaired) electrons. The van der Waals surface area contributed by atoms with Crippen molar-refractivity contribution in [3.05, 3.63) is 0 Å². The van der Waals surface area contributed by atoms with Crippen LogP contribution in [0.2, 0.25) is 0 Å². The first-order valence-corrected chi connectivity index (χ1v) is 9.38. The van der Waals surface area contributed by atoms with Crippen LogP contribution in [0.4, 0.5) is 0 Å². The van der Waals surface area contributed by atoms with Crippen LogP contribution in [0.3, 0.4) is 0 Å². The summed E-state index contributed by atoms with van der Waals surface area (Å²) in [6, 6.07) is 0. The maximum atomic E-state index is 2.33. The lowest BCUT2D eigenvalue weighted by atomic mass is 10.3. The van der Waals surface area contributed by atoms with E-state index in [-0.39, 0.29) is 10.0 Å². The van der Waals surface area contributed by atoms with Gasteiger partial charge in [0.15, 0.2) is 0 Å². The highest BCUT2D eigenvalue weighted by atomic mass is 32.3. The third-order valence-electron chi connectivity index (χ3n) is 3.77. The zero-order valence-electron chi connectivity index (χ0n) is 10.9. The Kier molecular flexibility index (Phi) is 6.79. The van der Waals surface area contributed by atoms with E-state index in [0.717, 1.165) is 0 Å². The molecule has 1 aliphatic heterocycles. The van der Waals surface area contributed by atoms with Crippen LogP contribution in [0.25, 0.3) is 0 Å². The molecule has 0 aromatic rings. The van der Waals surface area contributed by atoms with E-state index in [2.05, 4.69) is 13.8 Å². The second kappa shape index (κ2) is 7.60. The van der Waals surface area contributed by atoms with Crippen molar-refractivity contribution < 1.29 is 0 Å². The summed E-state index contributed by atoms with van der Waals surface area (Å²) in [7, 11) is -0.106. The van der Waals surface area contributed by atoms with Crippen LogP contribution < -0.4 is 0 Å². The van der Waals surface area contributed by atoms with E-state index >= 15 is 0 Å². The molecule has 0 spiro atoms. The van der Waals surface area contributed by atoms with Gasteiger partial charge in [0.2, 0.25) is 0 Å². The molecule has 1 rings (SSSR count). The molecule has 0 aliphatic carbocycles. The van der Waals surface area contributed by atoms with E-state index in [0.29, 0.717) is 0 Å². The SMILES string of the molecule is CCCCCS1(CCCCC)CCCC1. The summed E-state index contributed by atoms with van der Waals surface area (Å²) in [4.78, 5) is 0. The average Bonchev–Trinajstić information content (AvgIpc) is 2.68. The minimum atomic E-state index is -0.106. The van der Waals surface area contributed by atoms with Crippen molar-refractivity contribution in [2.75, 3.05) is 23.0 Å². The van der Waals surface area contributed by atoms with Gasteiger partial charge in [0, 0.05) is 0 Å². The Morgan fingerprint density at radius 1 is 0.733 bits per heavy atom. The number of unbranched alkanes of at least 4 members (excludes halogenated alkanes) is 4. The van der Waals surface area contributed by atoms with Gasteiger partial charge in [-0.1, -0.05) is 39.5 Å². The fraction of sp³-hybridized carbons (Fsp3) is 1.00. The van der Waals surface area contributed by atoms with Gasteiger partial charge in [-0.15, -0.1) is 0 Å². The van der Waals surface area contributed by atoms with E-state index in [1.54, 1.807) is 35.9 Å². The van der Waals surface area contributed by atoms with Crippen LogP contribution >= 0.6 is 10.0 Å². The normalized spacial score (nSPS) is 21.7. The Bertz CT molecular complexity index is 135. The summed E-state index contributed by atoms with van der Waals surface area (Å²) >= 11 is 0. The molecule has 92 valence electrons. The lowest BCUT2D eigenvalue weighted by Gasteiger charge is -2.36. The van der Waals surface area contributed by atoms with E-state index in [1.165, 1.54) is 38.5 Å². The van der Waals surface area contributed by atoms with Crippen molar-refractivity contribution in [1.82, 2.24) is 0 Å². The quantitative estimate of drug-likeness (QED) is 0.517. The van der Waals surface area contributed by atoms with Crippen LogP contribution in [0.1, 0.15) is 65.2 Å². The minimum Gasteiger partial charge on any atom is -0.241 e. The molecule has 0 atom stereocenters. The predicted octanol–water partition coefficient (Wildman–Crippen LogP) is 4.97. The van der Waals surface area contributed by atoms with Crippen molar-refractivity contribution in [3.8, 4) is 0 Å². The Hall–Kier alpha value is 0.350. The summed E-state index contributed by atoms with van der Waals surface area (Å²) in [6.07, 6.45) is 11.9.